The lowest BCUT2D eigenvalue weighted by Gasteiger charge is -2.24. The van der Waals surface area contributed by atoms with Crippen LogP contribution in [0, 0.1) is 0 Å². The van der Waals surface area contributed by atoms with Gasteiger partial charge < -0.3 is 14.4 Å². The van der Waals surface area contributed by atoms with Crippen molar-refractivity contribution in [1.29, 1.82) is 0 Å². The van der Waals surface area contributed by atoms with Crippen LogP contribution in [0.15, 0.2) is 22.9 Å². The highest BCUT2D eigenvalue weighted by Gasteiger charge is 2.31. The van der Waals surface area contributed by atoms with E-state index >= 15 is 0 Å². The van der Waals surface area contributed by atoms with Crippen molar-refractivity contribution in [3.63, 3.8) is 0 Å². The van der Waals surface area contributed by atoms with E-state index in [0.29, 0.717) is 18.8 Å². The first-order valence-corrected chi connectivity index (χ1v) is 7.38. The quantitative estimate of drug-likeness (QED) is 0.827. The highest BCUT2D eigenvalue weighted by Crippen LogP contribution is 2.26. The van der Waals surface area contributed by atoms with E-state index in [1.165, 1.54) is 0 Å². The summed E-state index contributed by atoms with van der Waals surface area (Å²) in [5, 5.41) is 0. The van der Waals surface area contributed by atoms with Crippen molar-refractivity contribution in [2.24, 2.45) is 0 Å². The van der Waals surface area contributed by atoms with E-state index in [2.05, 4.69) is 20.9 Å². The largest absolute Gasteiger partial charge is 0.486 e. The molecule has 110 valence electrons. The molecular weight excluding hydrogens is 324 g/mol. The number of carbonyl (C=O) groups is 1. The summed E-state index contributed by atoms with van der Waals surface area (Å²) in [6, 6.07) is 1.83. The van der Waals surface area contributed by atoms with Gasteiger partial charge in [-0.05, 0) is 42.8 Å². The summed E-state index contributed by atoms with van der Waals surface area (Å²) < 4.78 is 12.1. The Hall–Kier alpha value is -1.30. The van der Waals surface area contributed by atoms with E-state index in [4.69, 9.17) is 9.47 Å². The number of amides is 1. The summed E-state index contributed by atoms with van der Waals surface area (Å²) in [4.78, 5) is 17.7. The minimum atomic E-state index is -0.470. The van der Waals surface area contributed by atoms with Crippen LogP contribution in [0.3, 0.4) is 0 Å². The van der Waals surface area contributed by atoms with Crippen LogP contribution >= 0.6 is 15.9 Å². The van der Waals surface area contributed by atoms with E-state index in [0.717, 1.165) is 10.9 Å². The number of ether oxygens (including phenoxy) is 2. The van der Waals surface area contributed by atoms with E-state index < -0.39 is 5.60 Å². The zero-order chi connectivity index (χ0) is 14.8. The van der Waals surface area contributed by atoms with Crippen LogP contribution in [0.5, 0.6) is 5.75 Å². The van der Waals surface area contributed by atoms with Gasteiger partial charge in [0.1, 0.15) is 11.7 Å². The van der Waals surface area contributed by atoms with Gasteiger partial charge in [-0.1, -0.05) is 0 Å². The van der Waals surface area contributed by atoms with Gasteiger partial charge in [-0.25, -0.2) is 4.79 Å². The Kier molecular flexibility index (Phi) is 4.52. The third-order valence-electron chi connectivity index (χ3n) is 2.82. The maximum absolute atomic E-state index is 12.0. The second-order valence-electron chi connectivity index (χ2n) is 5.76. The number of aromatic nitrogens is 1. The molecule has 20 heavy (non-hydrogen) atoms. The van der Waals surface area contributed by atoms with Crippen LogP contribution in [0.1, 0.15) is 27.2 Å². The molecule has 2 rings (SSSR count). The Labute approximate surface area is 127 Å². The fourth-order valence-corrected chi connectivity index (χ4v) is 2.26. The van der Waals surface area contributed by atoms with Crippen LogP contribution in [0.4, 0.5) is 4.79 Å². The van der Waals surface area contributed by atoms with E-state index in [9.17, 15) is 4.79 Å². The third kappa shape index (κ3) is 4.10. The van der Waals surface area contributed by atoms with Gasteiger partial charge in [0.2, 0.25) is 0 Å². The molecule has 0 spiro atoms. The first-order valence-electron chi connectivity index (χ1n) is 6.59. The lowest BCUT2D eigenvalue weighted by molar-refractivity contribution is 0.0275. The van der Waals surface area contributed by atoms with Crippen molar-refractivity contribution in [3.05, 3.63) is 22.9 Å². The summed E-state index contributed by atoms with van der Waals surface area (Å²) in [7, 11) is 0. The van der Waals surface area contributed by atoms with E-state index in [1.807, 2.05) is 26.8 Å². The van der Waals surface area contributed by atoms with Crippen molar-refractivity contribution in [2.75, 3.05) is 13.1 Å². The zero-order valence-corrected chi connectivity index (χ0v) is 13.5. The summed E-state index contributed by atoms with van der Waals surface area (Å²) in [6.45, 7) is 6.78. The monoisotopic (exact) mass is 342 g/mol. The van der Waals surface area contributed by atoms with Crippen molar-refractivity contribution in [1.82, 2.24) is 9.88 Å². The Morgan fingerprint density at radius 1 is 1.50 bits per heavy atom. The Morgan fingerprint density at radius 3 is 2.90 bits per heavy atom. The number of likely N-dealkylation sites (tertiary alicyclic amines) is 1. The molecule has 1 saturated heterocycles. The normalized spacial score (nSPS) is 19.0. The fraction of sp³-hybridized carbons (Fsp3) is 0.571. The molecule has 0 aliphatic carbocycles. The topological polar surface area (TPSA) is 51.7 Å². The zero-order valence-electron chi connectivity index (χ0n) is 11.9. The van der Waals surface area contributed by atoms with Crippen molar-refractivity contribution >= 4 is 22.0 Å². The smallest absolute Gasteiger partial charge is 0.410 e. The molecule has 0 N–H and O–H groups in total. The summed E-state index contributed by atoms with van der Waals surface area (Å²) in [6.07, 6.45) is 3.84. The predicted octanol–water partition coefficient (Wildman–Crippen LogP) is 3.23. The molecule has 1 aromatic rings. The van der Waals surface area contributed by atoms with Gasteiger partial charge in [-0.3, -0.25) is 4.98 Å². The van der Waals surface area contributed by atoms with Gasteiger partial charge in [-0.2, -0.15) is 0 Å². The number of hydrogen-bond acceptors (Lipinski definition) is 4. The van der Waals surface area contributed by atoms with Crippen LogP contribution in [-0.4, -0.2) is 40.8 Å². The molecule has 1 unspecified atom stereocenters. The molecule has 1 atom stereocenters. The number of halogens is 1. The molecule has 0 aromatic carbocycles. The molecule has 1 aliphatic rings. The molecule has 1 fully saturated rings. The highest BCUT2D eigenvalue weighted by atomic mass is 79.9. The lowest BCUT2D eigenvalue weighted by Crippen LogP contribution is -2.36. The SMILES string of the molecule is CC(C)(C)OC(=O)N1CCC(Oc2cnccc2Br)C1. The molecule has 6 heteroatoms. The summed E-state index contributed by atoms with van der Waals surface area (Å²) in [5.41, 5.74) is -0.470. The molecule has 1 aliphatic heterocycles. The summed E-state index contributed by atoms with van der Waals surface area (Å²) >= 11 is 3.42. The molecule has 2 heterocycles. The van der Waals surface area contributed by atoms with Gasteiger partial charge in [0.05, 0.1) is 17.2 Å². The van der Waals surface area contributed by atoms with Crippen LogP contribution in [-0.2, 0) is 4.74 Å². The van der Waals surface area contributed by atoms with Gasteiger partial charge in [0.15, 0.2) is 5.75 Å². The van der Waals surface area contributed by atoms with Crippen molar-refractivity contribution in [2.45, 2.75) is 38.9 Å². The maximum atomic E-state index is 12.0. The molecule has 0 radical (unpaired) electrons. The minimum Gasteiger partial charge on any atom is -0.486 e. The lowest BCUT2D eigenvalue weighted by atomic mass is 10.2. The molecular formula is C14H19BrN2O3. The van der Waals surface area contributed by atoms with Crippen molar-refractivity contribution in [3.8, 4) is 5.75 Å². The molecule has 0 bridgehead atoms. The second kappa shape index (κ2) is 5.99. The standard InChI is InChI=1S/C14H19BrN2O3/c1-14(2,3)20-13(18)17-7-5-10(9-17)19-12-8-16-6-4-11(12)15/h4,6,8,10H,5,7,9H2,1-3H3. The third-order valence-corrected chi connectivity index (χ3v) is 3.48. The van der Waals surface area contributed by atoms with E-state index in [-0.39, 0.29) is 12.2 Å². The second-order valence-corrected chi connectivity index (χ2v) is 6.62. The van der Waals surface area contributed by atoms with Crippen molar-refractivity contribution < 1.29 is 14.3 Å². The van der Waals surface area contributed by atoms with Crippen LogP contribution < -0.4 is 4.74 Å². The number of rotatable bonds is 2. The Bertz CT molecular complexity index is 488. The number of hydrogen-bond donors (Lipinski definition) is 0. The van der Waals surface area contributed by atoms with E-state index in [1.54, 1.807) is 17.3 Å². The molecule has 0 saturated carbocycles. The minimum absolute atomic E-state index is 0.0250. The average Bonchev–Trinajstić information content (AvgIpc) is 2.79. The first-order chi connectivity index (χ1) is 9.35. The number of carbonyl (C=O) groups excluding carboxylic acids is 1. The van der Waals surface area contributed by atoms with Crippen LogP contribution in [0.2, 0.25) is 0 Å². The average molecular weight is 343 g/mol. The molecule has 5 nitrogen and oxygen atoms in total. The van der Waals surface area contributed by atoms with Gasteiger partial charge in [0, 0.05) is 19.2 Å². The number of nitrogens with zero attached hydrogens (tertiary/aromatic N) is 2. The first kappa shape index (κ1) is 15.1. The fourth-order valence-electron chi connectivity index (χ4n) is 1.95. The summed E-state index contributed by atoms with van der Waals surface area (Å²) in [5.74, 6) is 0.698. The molecule has 1 amide bonds. The predicted molar refractivity (Wildman–Crippen MR) is 78.8 cm³/mol. The Morgan fingerprint density at radius 2 is 2.25 bits per heavy atom. The van der Waals surface area contributed by atoms with Gasteiger partial charge >= 0.3 is 6.09 Å². The highest BCUT2D eigenvalue weighted by molar-refractivity contribution is 9.10. The van der Waals surface area contributed by atoms with Gasteiger partial charge in [0.25, 0.3) is 0 Å². The van der Waals surface area contributed by atoms with Crippen LogP contribution in [0.25, 0.3) is 0 Å². The number of pyridine rings is 1. The van der Waals surface area contributed by atoms with Gasteiger partial charge in [-0.15, -0.1) is 0 Å². The maximum Gasteiger partial charge on any atom is 0.410 e. The Balaban J connectivity index is 1.90. The molecule has 1 aromatic heterocycles.